The Bertz CT molecular complexity index is 1390. The van der Waals surface area contributed by atoms with Crippen molar-refractivity contribution in [2.75, 3.05) is 13.1 Å². The van der Waals surface area contributed by atoms with Gasteiger partial charge in [-0.3, -0.25) is 19.0 Å². The molecule has 5 rings (SSSR count). The Morgan fingerprint density at radius 2 is 1.80 bits per heavy atom. The monoisotopic (exact) mass is 401 g/mol. The van der Waals surface area contributed by atoms with Crippen LogP contribution in [0.15, 0.2) is 74.9 Å². The SMILES string of the molecule is O=C(c1cc(=O)c2ccccc2o1)N1CCC[C@H](n2cnc3ccccc3c2=O)C1. The Balaban J connectivity index is 1.46. The zero-order valence-electron chi connectivity index (χ0n) is 16.2. The fourth-order valence-electron chi connectivity index (χ4n) is 4.07. The third-order valence-electron chi connectivity index (χ3n) is 5.61. The van der Waals surface area contributed by atoms with Gasteiger partial charge in [-0.25, -0.2) is 4.98 Å². The first-order valence-corrected chi connectivity index (χ1v) is 9.90. The predicted molar refractivity (Wildman–Crippen MR) is 113 cm³/mol. The zero-order chi connectivity index (χ0) is 20.7. The van der Waals surface area contributed by atoms with Gasteiger partial charge in [-0.05, 0) is 37.1 Å². The summed E-state index contributed by atoms with van der Waals surface area (Å²) in [4.78, 5) is 44.4. The standard InChI is InChI=1S/C23H19N3O4/c27-19-12-21(30-20-10-4-2-8-17(19)20)23(29)25-11-5-6-15(13-25)26-14-24-18-9-3-1-7-16(18)22(26)28/h1-4,7-10,12,14-15H,5-6,11,13H2/t15-/m0/s1. The molecule has 1 atom stereocenters. The molecule has 3 heterocycles. The number of amides is 1. The number of nitrogens with zero attached hydrogens (tertiary/aromatic N) is 3. The van der Waals surface area contributed by atoms with Crippen molar-refractivity contribution in [3.8, 4) is 0 Å². The largest absolute Gasteiger partial charge is 0.451 e. The lowest BCUT2D eigenvalue weighted by Crippen LogP contribution is -2.43. The third kappa shape index (κ3) is 3.08. The summed E-state index contributed by atoms with van der Waals surface area (Å²) in [6, 6.07) is 15.2. The van der Waals surface area contributed by atoms with Crippen LogP contribution in [0, 0.1) is 0 Å². The summed E-state index contributed by atoms with van der Waals surface area (Å²) in [7, 11) is 0. The van der Waals surface area contributed by atoms with E-state index in [9.17, 15) is 14.4 Å². The van der Waals surface area contributed by atoms with Crippen LogP contribution in [0.1, 0.15) is 29.4 Å². The lowest BCUT2D eigenvalue weighted by Gasteiger charge is -2.33. The van der Waals surface area contributed by atoms with E-state index in [1.165, 1.54) is 6.07 Å². The Kier molecular flexibility index (Phi) is 4.43. The van der Waals surface area contributed by atoms with Crippen LogP contribution in [-0.2, 0) is 0 Å². The van der Waals surface area contributed by atoms with Gasteiger partial charge in [0.25, 0.3) is 11.5 Å². The van der Waals surface area contributed by atoms with E-state index < -0.39 is 0 Å². The minimum absolute atomic E-state index is 0.0170. The maximum atomic E-state index is 13.1. The average molecular weight is 401 g/mol. The molecule has 2 aromatic heterocycles. The number of carbonyl (C=O) groups excluding carboxylic acids is 1. The molecule has 0 unspecified atom stereocenters. The van der Waals surface area contributed by atoms with Crippen LogP contribution in [0.25, 0.3) is 21.9 Å². The lowest BCUT2D eigenvalue weighted by molar-refractivity contribution is 0.0646. The molecule has 0 spiro atoms. The molecule has 1 saturated heterocycles. The van der Waals surface area contributed by atoms with Gasteiger partial charge in [-0.2, -0.15) is 0 Å². The highest BCUT2D eigenvalue weighted by Gasteiger charge is 2.28. The first kappa shape index (κ1) is 18.3. The molecule has 4 aromatic rings. The molecule has 7 heteroatoms. The van der Waals surface area contributed by atoms with Gasteiger partial charge in [0.1, 0.15) is 5.58 Å². The maximum absolute atomic E-state index is 13.1. The number of para-hydroxylation sites is 2. The summed E-state index contributed by atoms with van der Waals surface area (Å²) >= 11 is 0. The number of likely N-dealkylation sites (tertiary alicyclic amines) is 1. The van der Waals surface area contributed by atoms with Gasteiger partial charge in [-0.1, -0.05) is 24.3 Å². The Morgan fingerprint density at radius 1 is 1.03 bits per heavy atom. The minimum Gasteiger partial charge on any atom is -0.451 e. The molecule has 1 aliphatic rings. The van der Waals surface area contributed by atoms with Crippen molar-refractivity contribution in [3.63, 3.8) is 0 Å². The van der Waals surface area contributed by atoms with Gasteiger partial charge in [0.05, 0.1) is 28.7 Å². The van der Waals surface area contributed by atoms with E-state index >= 15 is 0 Å². The highest BCUT2D eigenvalue weighted by atomic mass is 16.3. The quantitative estimate of drug-likeness (QED) is 0.516. The number of fused-ring (bicyclic) bond motifs is 2. The fourth-order valence-corrected chi connectivity index (χ4v) is 4.07. The number of carbonyl (C=O) groups is 1. The molecule has 0 aliphatic carbocycles. The smallest absolute Gasteiger partial charge is 0.289 e. The molecular formula is C23H19N3O4. The van der Waals surface area contributed by atoms with E-state index in [-0.39, 0.29) is 28.7 Å². The molecule has 0 N–H and O–H groups in total. The Hall–Kier alpha value is -3.74. The van der Waals surface area contributed by atoms with Crippen molar-refractivity contribution in [3.05, 3.63) is 87.3 Å². The number of hydrogen-bond donors (Lipinski definition) is 0. The van der Waals surface area contributed by atoms with Crippen molar-refractivity contribution in [1.82, 2.24) is 14.5 Å². The van der Waals surface area contributed by atoms with Crippen LogP contribution in [0.3, 0.4) is 0 Å². The van der Waals surface area contributed by atoms with Crippen LogP contribution in [0.5, 0.6) is 0 Å². The van der Waals surface area contributed by atoms with Gasteiger partial charge in [0, 0.05) is 19.2 Å². The summed E-state index contributed by atoms with van der Waals surface area (Å²) in [5, 5.41) is 1.00. The molecule has 0 radical (unpaired) electrons. The van der Waals surface area contributed by atoms with Gasteiger partial charge in [0.15, 0.2) is 11.2 Å². The molecule has 0 bridgehead atoms. The molecule has 1 fully saturated rings. The van der Waals surface area contributed by atoms with Gasteiger partial charge >= 0.3 is 0 Å². The number of hydrogen-bond acceptors (Lipinski definition) is 5. The zero-order valence-corrected chi connectivity index (χ0v) is 16.2. The number of piperidine rings is 1. The Morgan fingerprint density at radius 3 is 2.67 bits per heavy atom. The highest BCUT2D eigenvalue weighted by Crippen LogP contribution is 2.23. The first-order chi connectivity index (χ1) is 14.6. The molecule has 0 saturated carbocycles. The topological polar surface area (TPSA) is 85.4 Å². The molecule has 30 heavy (non-hydrogen) atoms. The number of aromatic nitrogens is 2. The molecule has 1 aliphatic heterocycles. The second-order valence-electron chi connectivity index (χ2n) is 7.49. The predicted octanol–water partition coefficient (Wildman–Crippen LogP) is 2.98. The minimum atomic E-state index is -0.343. The summed E-state index contributed by atoms with van der Waals surface area (Å²) in [5.74, 6) is -0.326. The summed E-state index contributed by atoms with van der Waals surface area (Å²) in [6.45, 7) is 0.900. The summed E-state index contributed by atoms with van der Waals surface area (Å²) < 4.78 is 7.32. The fraction of sp³-hybridized carbons (Fsp3) is 0.217. The highest BCUT2D eigenvalue weighted by molar-refractivity contribution is 5.93. The van der Waals surface area contributed by atoms with Gasteiger partial charge in [0.2, 0.25) is 0 Å². The van der Waals surface area contributed by atoms with Crippen molar-refractivity contribution in [2.45, 2.75) is 18.9 Å². The van der Waals surface area contributed by atoms with E-state index in [0.717, 1.165) is 12.8 Å². The van der Waals surface area contributed by atoms with Crippen LogP contribution in [0.4, 0.5) is 0 Å². The Labute approximate surface area is 171 Å². The molecule has 7 nitrogen and oxygen atoms in total. The first-order valence-electron chi connectivity index (χ1n) is 9.90. The van der Waals surface area contributed by atoms with E-state index in [2.05, 4.69) is 4.98 Å². The summed E-state index contributed by atoms with van der Waals surface area (Å²) in [6.07, 6.45) is 3.07. The van der Waals surface area contributed by atoms with E-state index in [1.54, 1.807) is 52.2 Å². The van der Waals surface area contributed by atoms with Crippen molar-refractivity contribution >= 4 is 27.8 Å². The number of benzene rings is 2. The maximum Gasteiger partial charge on any atom is 0.289 e. The van der Waals surface area contributed by atoms with Crippen LogP contribution in [0.2, 0.25) is 0 Å². The van der Waals surface area contributed by atoms with Gasteiger partial charge in [-0.15, -0.1) is 0 Å². The average Bonchev–Trinajstić information content (AvgIpc) is 2.79. The molecular weight excluding hydrogens is 382 g/mol. The van der Waals surface area contributed by atoms with Crippen molar-refractivity contribution < 1.29 is 9.21 Å². The second-order valence-corrected chi connectivity index (χ2v) is 7.49. The molecule has 1 amide bonds. The van der Waals surface area contributed by atoms with Crippen LogP contribution < -0.4 is 11.0 Å². The van der Waals surface area contributed by atoms with Crippen molar-refractivity contribution in [1.29, 1.82) is 0 Å². The molecule has 150 valence electrons. The third-order valence-corrected chi connectivity index (χ3v) is 5.61. The number of rotatable bonds is 2. The second kappa shape index (κ2) is 7.26. The van der Waals surface area contributed by atoms with E-state index in [4.69, 9.17) is 4.42 Å². The van der Waals surface area contributed by atoms with E-state index in [1.807, 2.05) is 12.1 Å². The normalized spacial score (nSPS) is 16.8. The lowest BCUT2D eigenvalue weighted by atomic mass is 10.0. The van der Waals surface area contributed by atoms with Crippen LogP contribution in [-0.4, -0.2) is 33.4 Å². The molecule has 2 aromatic carbocycles. The van der Waals surface area contributed by atoms with Gasteiger partial charge < -0.3 is 9.32 Å². The van der Waals surface area contributed by atoms with E-state index in [0.29, 0.717) is 35.0 Å². The van der Waals surface area contributed by atoms with Crippen molar-refractivity contribution in [2.24, 2.45) is 0 Å². The summed E-state index contributed by atoms with van der Waals surface area (Å²) in [5.41, 5.74) is 0.679. The van der Waals surface area contributed by atoms with Crippen LogP contribution >= 0.6 is 0 Å².